The van der Waals surface area contributed by atoms with Crippen LogP contribution in [-0.4, -0.2) is 5.78 Å². The van der Waals surface area contributed by atoms with E-state index in [4.69, 9.17) is 0 Å². The van der Waals surface area contributed by atoms with E-state index >= 15 is 0 Å². The summed E-state index contributed by atoms with van der Waals surface area (Å²) in [6.07, 6.45) is -2.81. The Morgan fingerprint density at radius 2 is 1.62 bits per heavy atom. The van der Waals surface area contributed by atoms with Crippen molar-refractivity contribution in [2.45, 2.75) is 6.18 Å². The first-order valence-corrected chi connectivity index (χ1v) is 6.25. The highest BCUT2D eigenvalue weighted by atomic mass is 19.4. The van der Waals surface area contributed by atoms with Crippen LogP contribution in [0.1, 0.15) is 21.5 Å². The van der Waals surface area contributed by atoms with Gasteiger partial charge in [-0.2, -0.15) is 13.2 Å². The molecule has 1 heterocycles. The second-order valence-corrected chi connectivity index (χ2v) is 4.68. The Morgan fingerprint density at radius 1 is 0.952 bits per heavy atom. The van der Waals surface area contributed by atoms with Crippen LogP contribution in [-0.2, 0) is 6.18 Å². The standard InChI is InChI=1S/C16H10F3NO/c17-16(18,19)11-7-5-10(6-8-11)9-14-15(21)12-3-1-2-4-13(12)20-14/h1-9,20H/b14-9+. The quantitative estimate of drug-likeness (QED) is 0.790. The number of rotatable bonds is 1. The van der Waals surface area contributed by atoms with Crippen LogP contribution in [0.25, 0.3) is 6.08 Å². The van der Waals surface area contributed by atoms with E-state index in [0.29, 0.717) is 22.5 Å². The van der Waals surface area contributed by atoms with Crippen molar-refractivity contribution in [3.05, 3.63) is 70.9 Å². The summed E-state index contributed by atoms with van der Waals surface area (Å²) in [7, 11) is 0. The first-order valence-electron chi connectivity index (χ1n) is 6.25. The van der Waals surface area contributed by atoms with Crippen molar-refractivity contribution in [2.75, 3.05) is 5.32 Å². The normalized spacial score (nSPS) is 16.0. The molecule has 0 unspecified atom stereocenters. The highest BCUT2D eigenvalue weighted by Crippen LogP contribution is 2.31. The van der Waals surface area contributed by atoms with Gasteiger partial charge in [0.2, 0.25) is 5.78 Å². The summed E-state index contributed by atoms with van der Waals surface area (Å²) in [6.45, 7) is 0. The summed E-state index contributed by atoms with van der Waals surface area (Å²) in [6, 6.07) is 11.7. The maximum Gasteiger partial charge on any atom is 0.416 e. The summed E-state index contributed by atoms with van der Waals surface area (Å²) < 4.78 is 37.5. The number of anilines is 1. The Kier molecular flexibility index (Phi) is 3.05. The van der Waals surface area contributed by atoms with Crippen molar-refractivity contribution in [2.24, 2.45) is 0 Å². The van der Waals surface area contributed by atoms with Crippen LogP contribution in [0.3, 0.4) is 0 Å². The van der Waals surface area contributed by atoms with Crippen LogP contribution in [0.4, 0.5) is 18.9 Å². The SMILES string of the molecule is O=C1/C(=C\c2ccc(C(F)(F)F)cc2)Nc2ccccc21. The first kappa shape index (κ1) is 13.4. The number of Topliss-reactive ketones (excluding diaryl/α,β-unsaturated/α-hetero) is 1. The van der Waals surface area contributed by atoms with Gasteiger partial charge in [-0.15, -0.1) is 0 Å². The molecule has 21 heavy (non-hydrogen) atoms. The van der Waals surface area contributed by atoms with Gasteiger partial charge in [0.25, 0.3) is 0 Å². The topological polar surface area (TPSA) is 29.1 Å². The third-order valence-corrected chi connectivity index (χ3v) is 3.23. The molecule has 0 spiro atoms. The Balaban J connectivity index is 1.89. The summed E-state index contributed by atoms with van der Waals surface area (Å²) in [5.41, 5.74) is 1.46. The number of ketones is 1. The van der Waals surface area contributed by atoms with Crippen LogP contribution in [0.2, 0.25) is 0 Å². The number of carbonyl (C=O) groups excluding carboxylic acids is 1. The molecule has 0 amide bonds. The molecule has 0 radical (unpaired) electrons. The largest absolute Gasteiger partial charge is 0.416 e. The molecule has 1 aliphatic heterocycles. The van der Waals surface area contributed by atoms with E-state index < -0.39 is 11.7 Å². The van der Waals surface area contributed by atoms with Gasteiger partial charge in [0.15, 0.2) is 0 Å². The van der Waals surface area contributed by atoms with Crippen LogP contribution in [0.5, 0.6) is 0 Å². The van der Waals surface area contributed by atoms with E-state index in [0.717, 1.165) is 12.1 Å². The molecule has 5 heteroatoms. The van der Waals surface area contributed by atoms with Crippen LogP contribution >= 0.6 is 0 Å². The molecule has 1 aliphatic rings. The fourth-order valence-corrected chi connectivity index (χ4v) is 2.17. The van der Waals surface area contributed by atoms with E-state index in [-0.39, 0.29) is 5.78 Å². The molecule has 0 aromatic heterocycles. The molecule has 0 saturated heterocycles. The van der Waals surface area contributed by atoms with Gasteiger partial charge in [-0.25, -0.2) is 0 Å². The summed E-state index contributed by atoms with van der Waals surface area (Å²) in [4.78, 5) is 12.1. The zero-order valence-corrected chi connectivity index (χ0v) is 10.7. The molecule has 0 saturated carbocycles. The smallest absolute Gasteiger partial charge is 0.352 e. The van der Waals surface area contributed by atoms with E-state index in [1.54, 1.807) is 30.3 Å². The van der Waals surface area contributed by atoms with Crippen molar-refractivity contribution in [3.8, 4) is 0 Å². The van der Waals surface area contributed by atoms with Crippen molar-refractivity contribution >= 4 is 17.5 Å². The summed E-state index contributed by atoms with van der Waals surface area (Å²) in [5, 5.41) is 2.97. The lowest BCUT2D eigenvalue weighted by atomic mass is 10.1. The van der Waals surface area contributed by atoms with Crippen molar-refractivity contribution in [1.29, 1.82) is 0 Å². The predicted octanol–water partition coefficient (Wildman–Crippen LogP) is 4.35. The van der Waals surface area contributed by atoms with Crippen LogP contribution in [0.15, 0.2) is 54.2 Å². The first-order chi connectivity index (χ1) is 9.95. The molecule has 3 rings (SSSR count). The Hall–Kier alpha value is -2.56. The number of benzene rings is 2. The van der Waals surface area contributed by atoms with E-state index in [2.05, 4.69) is 5.32 Å². The highest BCUT2D eigenvalue weighted by molar-refractivity contribution is 6.20. The van der Waals surface area contributed by atoms with Crippen molar-refractivity contribution in [1.82, 2.24) is 0 Å². The van der Waals surface area contributed by atoms with Gasteiger partial charge in [0, 0.05) is 11.3 Å². The zero-order chi connectivity index (χ0) is 15.0. The van der Waals surface area contributed by atoms with Gasteiger partial charge >= 0.3 is 6.18 Å². The number of allylic oxidation sites excluding steroid dienone is 1. The number of halogens is 3. The monoisotopic (exact) mass is 289 g/mol. The molecule has 1 N–H and O–H groups in total. The Bertz CT molecular complexity index is 730. The van der Waals surface area contributed by atoms with Crippen molar-refractivity contribution < 1.29 is 18.0 Å². The highest BCUT2D eigenvalue weighted by Gasteiger charge is 2.30. The fourth-order valence-electron chi connectivity index (χ4n) is 2.17. The molecule has 106 valence electrons. The maximum atomic E-state index is 12.5. The number of nitrogens with one attached hydrogen (secondary N) is 1. The van der Waals surface area contributed by atoms with Crippen LogP contribution in [0, 0.1) is 0 Å². The van der Waals surface area contributed by atoms with Crippen LogP contribution < -0.4 is 5.32 Å². The molecular weight excluding hydrogens is 279 g/mol. The number of alkyl halides is 3. The molecule has 2 aromatic carbocycles. The average Bonchev–Trinajstić information content (AvgIpc) is 2.76. The lowest BCUT2D eigenvalue weighted by molar-refractivity contribution is -0.137. The number of fused-ring (bicyclic) bond motifs is 1. The van der Waals surface area contributed by atoms with Gasteiger partial charge in [-0.05, 0) is 35.9 Å². The third-order valence-electron chi connectivity index (χ3n) is 3.23. The van der Waals surface area contributed by atoms with E-state index in [1.807, 2.05) is 0 Å². The van der Waals surface area contributed by atoms with Crippen molar-refractivity contribution in [3.63, 3.8) is 0 Å². The zero-order valence-electron chi connectivity index (χ0n) is 10.7. The Labute approximate surface area is 118 Å². The number of carbonyl (C=O) groups is 1. The fraction of sp³-hybridized carbons (Fsp3) is 0.0625. The molecule has 0 fully saturated rings. The second kappa shape index (κ2) is 4.77. The molecule has 2 nitrogen and oxygen atoms in total. The maximum absolute atomic E-state index is 12.5. The summed E-state index contributed by atoms with van der Waals surface area (Å²) >= 11 is 0. The molecule has 0 atom stereocenters. The van der Waals surface area contributed by atoms with E-state index in [1.165, 1.54) is 12.1 Å². The van der Waals surface area contributed by atoms with Gasteiger partial charge in [0.1, 0.15) is 0 Å². The van der Waals surface area contributed by atoms with Gasteiger partial charge in [-0.1, -0.05) is 24.3 Å². The minimum absolute atomic E-state index is 0.162. The lowest BCUT2D eigenvalue weighted by Crippen LogP contribution is -2.04. The van der Waals surface area contributed by atoms with Gasteiger partial charge < -0.3 is 5.32 Å². The van der Waals surface area contributed by atoms with E-state index in [9.17, 15) is 18.0 Å². The second-order valence-electron chi connectivity index (χ2n) is 4.68. The molecule has 2 aromatic rings. The summed E-state index contributed by atoms with van der Waals surface area (Å²) in [5.74, 6) is -0.162. The number of hydrogen-bond acceptors (Lipinski definition) is 2. The minimum atomic E-state index is -4.36. The van der Waals surface area contributed by atoms with Gasteiger partial charge in [0.05, 0.1) is 11.3 Å². The predicted molar refractivity (Wildman–Crippen MR) is 73.8 cm³/mol. The average molecular weight is 289 g/mol. The molecule has 0 bridgehead atoms. The lowest BCUT2D eigenvalue weighted by Gasteiger charge is -2.06. The number of para-hydroxylation sites is 1. The molecule has 0 aliphatic carbocycles. The Morgan fingerprint density at radius 3 is 2.24 bits per heavy atom. The number of hydrogen-bond donors (Lipinski definition) is 1. The molecular formula is C16H10F3NO. The third kappa shape index (κ3) is 2.54. The van der Waals surface area contributed by atoms with Gasteiger partial charge in [-0.3, -0.25) is 4.79 Å². The minimum Gasteiger partial charge on any atom is -0.352 e.